The van der Waals surface area contributed by atoms with Crippen LogP contribution in [0.1, 0.15) is 19.3 Å². The molecule has 1 atom stereocenters. The summed E-state index contributed by atoms with van der Waals surface area (Å²) in [6.45, 7) is 0. The average molecular weight is 229 g/mol. The van der Waals surface area contributed by atoms with Gasteiger partial charge in [-0.2, -0.15) is 4.98 Å². The Balaban J connectivity index is 1.86. The van der Waals surface area contributed by atoms with Gasteiger partial charge in [0.15, 0.2) is 5.58 Å². The molecule has 0 saturated carbocycles. The van der Waals surface area contributed by atoms with Crippen LogP contribution in [0.5, 0.6) is 0 Å². The number of nitrogens with zero attached hydrogens (tertiary/aromatic N) is 1. The first-order valence-corrected chi connectivity index (χ1v) is 5.89. The maximum absolute atomic E-state index is 5.84. The number of anilines is 2. The first-order chi connectivity index (χ1) is 8.33. The number of hydrogen-bond donors (Lipinski definition) is 2. The molecule has 1 heterocycles. The molecule has 0 aliphatic heterocycles. The van der Waals surface area contributed by atoms with Crippen LogP contribution in [0, 0.1) is 0 Å². The predicted octanol–water partition coefficient (Wildman–Crippen LogP) is 2.93. The highest BCUT2D eigenvalue weighted by Crippen LogP contribution is 2.25. The van der Waals surface area contributed by atoms with Crippen LogP contribution >= 0.6 is 0 Å². The van der Waals surface area contributed by atoms with E-state index in [1.165, 1.54) is 0 Å². The summed E-state index contributed by atoms with van der Waals surface area (Å²) >= 11 is 0. The number of benzene rings is 1. The van der Waals surface area contributed by atoms with Crippen LogP contribution in [0.3, 0.4) is 0 Å². The molecule has 1 aromatic carbocycles. The Morgan fingerprint density at radius 2 is 2.29 bits per heavy atom. The fourth-order valence-corrected chi connectivity index (χ4v) is 2.13. The Hall–Kier alpha value is -1.97. The topological polar surface area (TPSA) is 64.1 Å². The van der Waals surface area contributed by atoms with Gasteiger partial charge in [0, 0.05) is 6.04 Å². The molecule has 0 amide bonds. The van der Waals surface area contributed by atoms with E-state index >= 15 is 0 Å². The molecule has 88 valence electrons. The zero-order chi connectivity index (χ0) is 11.7. The lowest BCUT2D eigenvalue weighted by molar-refractivity contribution is 0.571. The fourth-order valence-electron chi connectivity index (χ4n) is 2.13. The highest BCUT2D eigenvalue weighted by atomic mass is 16.4. The van der Waals surface area contributed by atoms with E-state index in [1.807, 2.05) is 18.2 Å². The summed E-state index contributed by atoms with van der Waals surface area (Å²) in [5, 5.41) is 3.31. The molecule has 1 aliphatic carbocycles. The van der Waals surface area contributed by atoms with E-state index in [0.717, 1.165) is 30.4 Å². The molecule has 0 spiro atoms. The number of fused-ring (bicyclic) bond motifs is 1. The van der Waals surface area contributed by atoms with Gasteiger partial charge in [-0.25, -0.2) is 0 Å². The number of hydrogen-bond acceptors (Lipinski definition) is 4. The van der Waals surface area contributed by atoms with Crippen LogP contribution in [0.2, 0.25) is 0 Å². The van der Waals surface area contributed by atoms with Crippen LogP contribution in [-0.4, -0.2) is 11.0 Å². The molecule has 0 fully saturated rings. The molecule has 2 aromatic rings. The van der Waals surface area contributed by atoms with Crippen molar-refractivity contribution in [1.29, 1.82) is 0 Å². The second kappa shape index (κ2) is 4.13. The summed E-state index contributed by atoms with van der Waals surface area (Å²) in [6.07, 6.45) is 7.65. The van der Waals surface area contributed by atoms with Crippen molar-refractivity contribution in [1.82, 2.24) is 4.98 Å². The summed E-state index contributed by atoms with van der Waals surface area (Å²) in [5.41, 5.74) is 7.97. The third-order valence-corrected chi connectivity index (χ3v) is 3.05. The quantitative estimate of drug-likeness (QED) is 0.614. The lowest BCUT2D eigenvalue weighted by atomic mass is 10.0. The molecular formula is C13H15N3O. The molecule has 1 unspecified atom stereocenters. The van der Waals surface area contributed by atoms with Gasteiger partial charge in [0.2, 0.25) is 0 Å². The standard InChI is InChI=1S/C13H15N3O/c14-10-7-4-8-11-12(10)16-13(17-11)15-9-5-2-1-3-6-9/h1-2,4,7-9H,3,5-6,14H2,(H,15,16). The van der Waals surface area contributed by atoms with Crippen LogP contribution in [-0.2, 0) is 0 Å². The van der Waals surface area contributed by atoms with E-state index in [1.54, 1.807) is 0 Å². The lowest BCUT2D eigenvalue weighted by Crippen LogP contribution is -2.20. The van der Waals surface area contributed by atoms with Crippen molar-refractivity contribution in [3.63, 3.8) is 0 Å². The molecule has 17 heavy (non-hydrogen) atoms. The van der Waals surface area contributed by atoms with Crippen molar-refractivity contribution >= 4 is 22.8 Å². The SMILES string of the molecule is Nc1cccc2oc(NC3CC=CCC3)nc12. The minimum Gasteiger partial charge on any atom is -0.423 e. The second-order valence-electron chi connectivity index (χ2n) is 4.34. The Morgan fingerprint density at radius 1 is 1.35 bits per heavy atom. The summed E-state index contributed by atoms with van der Waals surface area (Å²) in [7, 11) is 0. The van der Waals surface area contributed by atoms with Gasteiger partial charge in [-0.05, 0) is 31.4 Å². The van der Waals surface area contributed by atoms with Crippen molar-refractivity contribution in [3.05, 3.63) is 30.4 Å². The zero-order valence-corrected chi connectivity index (χ0v) is 9.52. The Bertz CT molecular complexity index is 559. The fraction of sp³-hybridized carbons (Fsp3) is 0.308. The van der Waals surface area contributed by atoms with Crippen molar-refractivity contribution in [2.45, 2.75) is 25.3 Å². The molecular weight excluding hydrogens is 214 g/mol. The number of oxazole rings is 1. The predicted molar refractivity (Wildman–Crippen MR) is 68.8 cm³/mol. The van der Waals surface area contributed by atoms with Gasteiger partial charge in [-0.3, -0.25) is 0 Å². The maximum Gasteiger partial charge on any atom is 0.295 e. The van der Waals surface area contributed by atoms with Gasteiger partial charge in [-0.15, -0.1) is 0 Å². The van der Waals surface area contributed by atoms with Crippen LogP contribution in [0.4, 0.5) is 11.7 Å². The van der Waals surface area contributed by atoms with Gasteiger partial charge >= 0.3 is 0 Å². The molecule has 0 radical (unpaired) electrons. The smallest absolute Gasteiger partial charge is 0.295 e. The summed E-state index contributed by atoms with van der Waals surface area (Å²) in [4.78, 5) is 4.38. The minimum atomic E-state index is 0.411. The summed E-state index contributed by atoms with van der Waals surface area (Å²) in [6, 6.07) is 6.56. The Labute approximate surface area is 99.5 Å². The monoisotopic (exact) mass is 229 g/mol. The lowest BCUT2D eigenvalue weighted by Gasteiger charge is -2.17. The van der Waals surface area contributed by atoms with Crippen molar-refractivity contribution < 1.29 is 4.42 Å². The Kier molecular flexibility index (Phi) is 2.48. The number of nitrogen functional groups attached to an aromatic ring is 1. The van der Waals surface area contributed by atoms with Gasteiger partial charge in [0.05, 0.1) is 5.69 Å². The molecule has 4 nitrogen and oxygen atoms in total. The average Bonchev–Trinajstić information content (AvgIpc) is 2.74. The molecule has 3 rings (SSSR count). The largest absolute Gasteiger partial charge is 0.423 e. The zero-order valence-electron chi connectivity index (χ0n) is 9.52. The first kappa shape index (κ1) is 10.2. The summed E-state index contributed by atoms with van der Waals surface area (Å²) in [5.74, 6) is 0. The normalized spacial score (nSPS) is 19.6. The van der Waals surface area contributed by atoms with Gasteiger partial charge in [-0.1, -0.05) is 18.2 Å². The van der Waals surface area contributed by atoms with E-state index in [4.69, 9.17) is 10.2 Å². The van der Waals surface area contributed by atoms with Gasteiger partial charge < -0.3 is 15.5 Å². The Morgan fingerprint density at radius 3 is 3.06 bits per heavy atom. The second-order valence-corrected chi connectivity index (χ2v) is 4.34. The molecule has 0 saturated heterocycles. The van der Waals surface area contributed by atoms with Crippen LogP contribution in [0.25, 0.3) is 11.1 Å². The van der Waals surface area contributed by atoms with E-state index < -0.39 is 0 Å². The highest BCUT2D eigenvalue weighted by molar-refractivity contribution is 5.86. The van der Waals surface area contributed by atoms with Crippen molar-refractivity contribution in [2.75, 3.05) is 11.1 Å². The van der Waals surface area contributed by atoms with Crippen molar-refractivity contribution in [2.24, 2.45) is 0 Å². The number of para-hydroxylation sites is 1. The number of allylic oxidation sites excluding steroid dienone is 1. The van der Waals surface area contributed by atoms with E-state index in [-0.39, 0.29) is 0 Å². The van der Waals surface area contributed by atoms with Gasteiger partial charge in [0.25, 0.3) is 6.01 Å². The number of nitrogens with one attached hydrogen (secondary N) is 1. The number of aromatic nitrogens is 1. The summed E-state index contributed by atoms with van der Waals surface area (Å²) < 4.78 is 5.63. The number of nitrogens with two attached hydrogens (primary N) is 1. The van der Waals surface area contributed by atoms with E-state index in [0.29, 0.717) is 17.7 Å². The highest BCUT2D eigenvalue weighted by Gasteiger charge is 2.13. The van der Waals surface area contributed by atoms with Crippen LogP contribution in [0.15, 0.2) is 34.8 Å². The van der Waals surface area contributed by atoms with E-state index in [2.05, 4.69) is 22.5 Å². The maximum atomic E-state index is 5.84. The van der Waals surface area contributed by atoms with Gasteiger partial charge in [0.1, 0.15) is 5.52 Å². The molecule has 1 aromatic heterocycles. The molecule has 4 heteroatoms. The molecule has 0 bridgehead atoms. The van der Waals surface area contributed by atoms with E-state index in [9.17, 15) is 0 Å². The third-order valence-electron chi connectivity index (χ3n) is 3.05. The number of rotatable bonds is 2. The minimum absolute atomic E-state index is 0.411. The molecule has 1 aliphatic rings. The molecule has 3 N–H and O–H groups in total. The van der Waals surface area contributed by atoms with Crippen LogP contribution < -0.4 is 11.1 Å². The third kappa shape index (κ3) is 1.98. The van der Waals surface area contributed by atoms with Crippen molar-refractivity contribution in [3.8, 4) is 0 Å². The first-order valence-electron chi connectivity index (χ1n) is 5.89.